The highest BCUT2D eigenvalue weighted by Gasteiger charge is 2.11. The first-order chi connectivity index (χ1) is 13.1. The van der Waals surface area contributed by atoms with E-state index in [0.29, 0.717) is 28.0 Å². The predicted octanol–water partition coefficient (Wildman–Crippen LogP) is 4.83. The zero-order valence-corrected chi connectivity index (χ0v) is 14.1. The summed E-state index contributed by atoms with van der Waals surface area (Å²) in [4.78, 5) is 17.6. The Hall–Kier alpha value is -3.60. The summed E-state index contributed by atoms with van der Waals surface area (Å²) in [7, 11) is 0. The van der Waals surface area contributed by atoms with E-state index >= 15 is 0 Å². The molecule has 3 nitrogen and oxygen atoms in total. The zero-order valence-electron chi connectivity index (χ0n) is 14.1. The summed E-state index contributed by atoms with van der Waals surface area (Å²) in [6.07, 6.45) is 3.28. The summed E-state index contributed by atoms with van der Waals surface area (Å²) < 4.78 is 28.5. The molecule has 27 heavy (non-hydrogen) atoms. The fourth-order valence-corrected chi connectivity index (χ4v) is 2.91. The Labute approximate surface area is 153 Å². The fraction of sp³-hybridized carbons (Fsp3) is 0. The monoisotopic (exact) mass is 360 g/mol. The van der Waals surface area contributed by atoms with Crippen LogP contribution in [0.5, 0.6) is 0 Å². The number of benzene rings is 3. The lowest BCUT2D eigenvalue weighted by atomic mass is 10.2. The number of para-hydroxylation sites is 1. The van der Waals surface area contributed by atoms with E-state index in [1.165, 1.54) is 34.9 Å². The molecule has 5 heteroatoms. The largest absolute Gasteiger partial charge is 0.268 e. The molecule has 0 atom stereocenters. The first-order valence-corrected chi connectivity index (χ1v) is 8.33. The number of nitrogens with zero attached hydrogens (tertiary/aromatic N) is 2. The lowest BCUT2D eigenvalue weighted by Gasteiger charge is -2.11. The van der Waals surface area contributed by atoms with Crippen molar-refractivity contribution in [3.05, 3.63) is 106 Å². The molecule has 0 spiro atoms. The van der Waals surface area contributed by atoms with Gasteiger partial charge < -0.3 is 0 Å². The Morgan fingerprint density at radius 3 is 2.33 bits per heavy atom. The van der Waals surface area contributed by atoms with E-state index in [2.05, 4.69) is 4.98 Å². The van der Waals surface area contributed by atoms with Crippen molar-refractivity contribution in [3.8, 4) is 5.69 Å². The van der Waals surface area contributed by atoms with Gasteiger partial charge in [0, 0.05) is 0 Å². The van der Waals surface area contributed by atoms with Crippen molar-refractivity contribution in [2.45, 2.75) is 0 Å². The summed E-state index contributed by atoms with van der Waals surface area (Å²) in [6, 6.07) is 18.8. The van der Waals surface area contributed by atoms with Crippen LogP contribution in [0.2, 0.25) is 0 Å². The molecule has 0 radical (unpaired) electrons. The number of halogens is 2. The van der Waals surface area contributed by atoms with Crippen LogP contribution in [0, 0.1) is 11.6 Å². The first kappa shape index (κ1) is 16.8. The standard InChI is InChI=1S/C22H14F2N2O/c23-16-6-3-5-15(13-16)11-12-21-25-20-10-2-1-9-19(20)22(27)26(21)18-8-4-7-17(24)14-18/h1-14H. The van der Waals surface area contributed by atoms with E-state index in [1.807, 2.05) is 0 Å². The highest BCUT2D eigenvalue weighted by atomic mass is 19.1. The Morgan fingerprint density at radius 2 is 1.56 bits per heavy atom. The second kappa shape index (κ2) is 6.96. The van der Waals surface area contributed by atoms with Gasteiger partial charge in [0.1, 0.15) is 17.5 Å². The van der Waals surface area contributed by atoms with Gasteiger partial charge in [-0.2, -0.15) is 0 Å². The van der Waals surface area contributed by atoms with Gasteiger partial charge in [0.05, 0.1) is 16.6 Å². The van der Waals surface area contributed by atoms with Crippen LogP contribution in [0.15, 0.2) is 77.6 Å². The van der Waals surface area contributed by atoms with Crippen LogP contribution < -0.4 is 5.56 Å². The van der Waals surface area contributed by atoms with Crippen molar-refractivity contribution in [1.82, 2.24) is 9.55 Å². The molecule has 0 N–H and O–H groups in total. The Bertz CT molecular complexity index is 1230. The topological polar surface area (TPSA) is 34.9 Å². The average molecular weight is 360 g/mol. The second-order valence-electron chi connectivity index (χ2n) is 6.00. The van der Waals surface area contributed by atoms with Crippen LogP contribution in [0.3, 0.4) is 0 Å². The first-order valence-electron chi connectivity index (χ1n) is 8.33. The Kier molecular flexibility index (Phi) is 4.34. The zero-order chi connectivity index (χ0) is 18.8. The SMILES string of the molecule is O=c1c2ccccc2nc(C=Cc2cccc(F)c2)n1-c1cccc(F)c1. The molecule has 1 aromatic heterocycles. The summed E-state index contributed by atoms with van der Waals surface area (Å²) in [5, 5.41) is 0.435. The van der Waals surface area contributed by atoms with Crippen LogP contribution >= 0.6 is 0 Å². The van der Waals surface area contributed by atoms with Crippen molar-refractivity contribution in [2.75, 3.05) is 0 Å². The van der Waals surface area contributed by atoms with E-state index in [0.717, 1.165) is 0 Å². The predicted molar refractivity (Wildman–Crippen MR) is 103 cm³/mol. The van der Waals surface area contributed by atoms with E-state index < -0.39 is 5.82 Å². The number of hydrogen-bond donors (Lipinski definition) is 0. The van der Waals surface area contributed by atoms with E-state index in [4.69, 9.17) is 0 Å². The minimum atomic E-state index is -0.451. The maximum absolute atomic E-state index is 13.7. The third kappa shape index (κ3) is 3.40. The van der Waals surface area contributed by atoms with Crippen molar-refractivity contribution in [3.63, 3.8) is 0 Å². The van der Waals surface area contributed by atoms with Crippen molar-refractivity contribution in [2.24, 2.45) is 0 Å². The Morgan fingerprint density at radius 1 is 0.815 bits per heavy atom. The molecule has 0 aliphatic rings. The quantitative estimate of drug-likeness (QED) is 0.524. The van der Waals surface area contributed by atoms with Gasteiger partial charge in [-0.3, -0.25) is 9.36 Å². The van der Waals surface area contributed by atoms with Crippen LogP contribution in [0.1, 0.15) is 11.4 Å². The highest BCUT2D eigenvalue weighted by Crippen LogP contribution is 2.16. The van der Waals surface area contributed by atoms with Crippen LogP contribution in [-0.2, 0) is 0 Å². The fourth-order valence-electron chi connectivity index (χ4n) is 2.91. The summed E-state index contributed by atoms with van der Waals surface area (Å²) in [5.74, 6) is -0.479. The molecule has 0 fully saturated rings. The van der Waals surface area contributed by atoms with Gasteiger partial charge in [-0.05, 0) is 54.1 Å². The normalized spacial score (nSPS) is 11.3. The van der Waals surface area contributed by atoms with Gasteiger partial charge in [0.15, 0.2) is 0 Å². The minimum Gasteiger partial charge on any atom is -0.268 e. The Balaban J connectivity index is 1.95. The lowest BCUT2D eigenvalue weighted by molar-refractivity contribution is 0.626. The molecular weight excluding hydrogens is 346 g/mol. The molecule has 0 aliphatic heterocycles. The van der Waals surface area contributed by atoms with Crippen LogP contribution in [0.25, 0.3) is 28.7 Å². The lowest BCUT2D eigenvalue weighted by Crippen LogP contribution is -2.22. The van der Waals surface area contributed by atoms with E-state index in [-0.39, 0.29) is 11.4 Å². The minimum absolute atomic E-state index is 0.301. The molecule has 0 saturated heterocycles. The third-order valence-corrected chi connectivity index (χ3v) is 4.14. The molecule has 4 aromatic rings. The third-order valence-electron chi connectivity index (χ3n) is 4.14. The number of rotatable bonds is 3. The van der Waals surface area contributed by atoms with E-state index in [9.17, 15) is 13.6 Å². The maximum atomic E-state index is 13.7. The van der Waals surface area contributed by atoms with Gasteiger partial charge in [0.25, 0.3) is 5.56 Å². The second-order valence-corrected chi connectivity index (χ2v) is 6.00. The summed E-state index contributed by atoms with van der Waals surface area (Å²) in [6.45, 7) is 0. The van der Waals surface area contributed by atoms with Gasteiger partial charge in [-0.15, -0.1) is 0 Å². The molecule has 0 unspecified atom stereocenters. The number of hydrogen-bond acceptors (Lipinski definition) is 2. The van der Waals surface area contributed by atoms with Gasteiger partial charge in [-0.25, -0.2) is 13.8 Å². The molecule has 4 rings (SSSR count). The summed E-state index contributed by atoms with van der Waals surface area (Å²) in [5.41, 5.74) is 1.24. The van der Waals surface area contributed by atoms with Crippen molar-refractivity contribution in [1.29, 1.82) is 0 Å². The van der Waals surface area contributed by atoms with Crippen molar-refractivity contribution >= 4 is 23.1 Å². The van der Waals surface area contributed by atoms with E-state index in [1.54, 1.807) is 54.6 Å². The number of fused-ring (bicyclic) bond motifs is 1. The molecule has 132 valence electrons. The number of aromatic nitrogens is 2. The average Bonchev–Trinajstić information content (AvgIpc) is 2.66. The van der Waals surface area contributed by atoms with Crippen LogP contribution in [-0.4, -0.2) is 9.55 Å². The smallest absolute Gasteiger partial charge is 0.266 e. The molecule has 1 heterocycles. The molecular formula is C22H14F2N2O. The van der Waals surface area contributed by atoms with Gasteiger partial charge in [0.2, 0.25) is 0 Å². The molecule has 0 amide bonds. The molecule has 3 aromatic carbocycles. The van der Waals surface area contributed by atoms with Gasteiger partial charge >= 0.3 is 0 Å². The molecule has 0 saturated carbocycles. The molecule has 0 bridgehead atoms. The highest BCUT2D eigenvalue weighted by molar-refractivity contribution is 5.80. The molecule has 0 aliphatic carbocycles. The van der Waals surface area contributed by atoms with Crippen LogP contribution in [0.4, 0.5) is 8.78 Å². The maximum Gasteiger partial charge on any atom is 0.266 e. The van der Waals surface area contributed by atoms with Crippen molar-refractivity contribution < 1.29 is 8.78 Å². The summed E-state index contributed by atoms with van der Waals surface area (Å²) >= 11 is 0. The van der Waals surface area contributed by atoms with Gasteiger partial charge in [-0.1, -0.05) is 36.4 Å².